The largest absolute Gasteiger partial charge is 0.466 e. The minimum atomic E-state index is -3.61. The van der Waals surface area contributed by atoms with Crippen molar-refractivity contribution >= 4 is 19.3 Å². The van der Waals surface area contributed by atoms with Gasteiger partial charge in [0.25, 0.3) is 0 Å². The van der Waals surface area contributed by atoms with Crippen molar-refractivity contribution in [2.75, 3.05) is 26.6 Å². The van der Waals surface area contributed by atoms with Gasteiger partial charge in [0.15, 0.2) is 0 Å². The Hall–Kier alpha value is -1.62. The van der Waals surface area contributed by atoms with Crippen LogP contribution in [0, 0.1) is 0 Å². The Bertz CT molecular complexity index is 533. The van der Waals surface area contributed by atoms with E-state index < -0.39 is 13.6 Å². The second kappa shape index (κ2) is 7.24. The molecule has 6 nitrogen and oxygen atoms in total. The molecule has 0 aromatic heterocycles. The van der Waals surface area contributed by atoms with Gasteiger partial charge >= 0.3 is 13.6 Å². The molecule has 110 valence electrons. The van der Waals surface area contributed by atoms with E-state index in [-0.39, 0.29) is 11.0 Å². The lowest BCUT2D eigenvalue weighted by Gasteiger charge is -2.20. The fourth-order valence-electron chi connectivity index (χ4n) is 1.53. The first kappa shape index (κ1) is 16.4. The van der Waals surface area contributed by atoms with Gasteiger partial charge in [-0.25, -0.2) is 4.79 Å². The Morgan fingerprint density at radius 2 is 1.65 bits per heavy atom. The van der Waals surface area contributed by atoms with Crippen molar-refractivity contribution in [3.63, 3.8) is 0 Å². The van der Waals surface area contributed by atoms with E-state index in [1.807, 2.05) is 6.07 Å². The maximum atomic E-state index is 12.5. The maximum absolute atomic E-state index is 12.5. The molecule has 0 aliphatic rings. The molecule has 0 unspecified atom stereocenters. The summed E-state index contributed by atoms with van der Waals surface area (Å²) in [5, 5.41) is 2.90. The zero-order chi connectivity index (χ0) is 15.2. The van der Waals surface area contributed by atoms with Gasteiger partial charge in [0.2, 0.25) is 0 Å². The van der Waals surface area contributed by atoms with Crippen molar-refractivity contribution in [2.45, 2.75) is 6.92 Å². The van der Waals surface area contributed by atoms with E-state index in [4.69, 9.17) is 9.05 Å². The zero-order valence-corrected chi connectivity index (χ0v) is 12.8. The molecule has 0 radical (unpaired) electrons. The molecule has 0 atom stereocenters. The topological polar surface area (TPSA) is 73.9 Å². The third-order valence-corrected chi connectivity index (χ3v) is 4.59. The van der Waals surface area contributed by atoms with E-state index in [0.29, 0.717) is 5.69 Å². The third kappa shape index (κ3) is 3.70. The molecule has 0 spiro atoms. The molecule has 1 rings (SSSR count). The molecule has 7 heteroatoms. The number of rotatable bonds is 6. The smallest absolute Gasteiger partial charge is 0.377 e. The summed E-state index contributed by atoms with van der Waals surface area (Å²) in [5.74, 6) is -0.613. The molecule has 20 heavy (non-hydrogen) atoms. The van der Waals surface area contributed by atoms with Gasteiger partial charge in [0.1, 0.15) is 5.44 Å². The molecule has 1 aromatic rings. The van der Waals surface area contributed by atoms with Crippen molar-refractivity contribution in [2.24, 2.45) is 0 Å². The van der Waals surface area contributed by atoms with Gasteiger partial charge in [-0.2, -0.15) is 0 Å². The van der Waals surface area contributed by atoms with E-state index in [0.717, 1.165) is 0 Å². The number of nitrogens with one attached hydrogen (secondary N) is 1. The second-order valence-corrected chi connectivity index (χ2v) is 5.99. The minimum absolute atomic E-state index is 0.0561. The van der Waals surface area contributed by atoms with Gasteiger partial charge in [0, 0.05) is 19.9 Å². The van der Waals surface area contributed by atoms with Crippen molar-refractivity contribution in [1.29, 1.82) is 0 Å². The van der Waals surface area contributed by atoms with Crippen LogP contribution in [0.1, 0.15) is 6.92 Å². The lowest BCUT2D eigenvalue weighted by molar-refractivity contribution is -0.136. The maximum Gasteiger partial charge on any atom is 0.377 e. The summed E-state index contributed by atoms with van der Waals surface area (Å²) < 4.78 is 27.1. The number of carbonyl (C=O) groups excluding carboxylic acids is 1. The number of anilines is 1. The van der Waals surface area contributed by atoms with E-state index >= 15 is 0 Å². The van der Waals surface area contributed by atoms with Crippen LogP contribution in [0.5, 0.6) is 0 Å². The van der Waals surface area contributed by atoms with Crippen LogP contribution in [-0.2, 0) is 23.1 Å². The highest BCUT2D eigenvalue weighted by atomic mass is 31.2. The Labute approximate surface area is 118 Å². The highest BCUT2D eigenvalue weighted by Gasteiger charge is 2.32. The van der Waals surface area contributed by atoms with Crippen LogP contribution < -0.4 is 5.32 Å². The van der Waals surface area contributed by atoms with E-state index in [1.165, 1.54) is 28.3 Å². The monoisotopic (exact) mass is 299 g/mol. The first-order chi connectivity index (χ1) is 9.48. The molecule has 0 saturated heterocycles. The summed E-state index contributed by atoms with van der Waals surface area (Å²) in [6.45, 7) is 1.49. The van der Waals surface area contributed by atoms with Gasteiger partial charge < -0.3 is 19.1 Å². The van der Waals surface area contributed by atoms with Gasteiger partial charge in [-0.1, -0.05) is 18.2 Å². The third-order valence-electron chi connectivity index (χ3n) is 2.64. The van der Waals surface area contributed by atoms with Gasteiger partial charge in [-0.3, -0.25) is 4.57 Å². The number of esters is 1. The lowest BCUT2D eigenvalue weighted by Crippen LogP contribution is -2.12. The summed E-state index contributed by atoms with van der Waals surface area (Å²) in [6.07, 6.45) is 0. The molecule has 0 saturated carbocycles. The van der Waals surface area contributed by atoms with Crippen LogP contribution in [0.15, 0.2) is 41.3 Å². The van der Waals surface area contributed by atoms with E-state index in [1.54, 1.807) is 24.3 Å². The first-order valence-corrected chi connectivity index (χ1v) is 7.36. The predicted molar refractivity (Wildman–Crippen MR) is 76.4 cm³/mol. The molecule has 0 aliphatic heterocycles. The average molecular weight is 299 g/mol. The van der Waals surface area contributed by atoms with Crippen LogP contribution in [0.2, 0.25) is 0 Å². The number of hydrogen-bond acceptors (Lipinski definition) is 6. The summed E-state index contributed by atoms with van der Waals surface area (Å²) in [4.78, 5) is 11.7. The summed E-state index contributed by atoms with van der Waals surface area (Å²) in [6, 6.07) is 8.98. The van der Waals surface area contributed by atoms with Crippen molar-refractivity contribution in [1.82, 2.24) is 0 Å². The van der Waals surface area contributed by atoms with Gasteiger partial charge in [-0.15, -0.1) is 0 Å². The quantitative estimate of drug-likeness (QED) is 0.494. The Morgan fingerprint density at radius 1 is 1.10 bits per heavy atom. The van der Waals surface area contributed by atoms with Gasteiger partial charge in [0.05, 0.1) is 12.7 Å². The molecular weight excluding hydrogens is 281 g/mol. The van der Waals surface area contributed by atoms with Crippen molar-refractivity contribution < 1.29 is 23.1 Å². The number of hydrogen-bond donors (Lipinski definition) is 1. The molecule has 1 N–H and O–H groups in total. The normalized spacial score (nSPS) is 12.6. The van der Waals surface area contributed by atoms with Gasteiger partial charge in [-0.05, 0) is 19.1 Å². The standard InChI is InChI=1S/C13H18NO5P/c1-10(13(15)17-2)12(20(16,18-3)19-4)14-11-8-6-5-7-9-11/h5-9,14H,1-4H3/b12-10-. The lowest BCUT2D eigenvalue weighted by atomic mass is 10.3. The van der Waals surface area contributed by atoms with Crippen LogP contribution in [0.25, 0.3) is 0 Å². The molecular formula is C13H18NO5P. The van der Waals surface area contributed by atoms with E-state index in [9.17, 15) is 9.36 Å². The minimum Gasteiger partial charge on any atom is -0.466 e. The molecule has 0 bridgehead atoms. The number of carbonyl (C=O) groups is 1. The van der Waals surface area contributed by atoms with Crippen LogP contribution in [-0.4, -0.2) is 27.3 Å². The highest BCUT2D eigenvalue weighted by Crippen LogP contribution is 2.55. The number of ether oxygens (including phenoxy) is 1. The number of benzene rings is 1. The highest BCUT2D eigenvalue weighted by molar-refractivity contribution is 7.58. The average Bonchev–Trinajstić information content (AvgIpc) is 2.51. The number of methoxy groups -OCH3 is 1. The molecule has 1 aromatic carbocycles. The SMILES string of the molecule is COC(=O)/C(C)=C(/Nc1ccccc1)P(=O)(OC)OC. The van der Waals surface area contributed by atoms with Crippen molar-refractivity contribution in [3.05, 3.63) is 41.3 Å². The van der Waals surface area contributed by atoms with Crippen LogP contribution in [0.4, 0.5) is 5.69 Å². The van der Waals surface area contributed by atoms with Crippen LogP contribution >= 0.6 is 7.60 Å². The summed E-state index contributed by atoms with van der Waals surface area (Å²) >= 11 is 0. The molecule has 0 fully saturated rings. The second-order valence-electron chi connectivity index (χ2n) is 3.82. The van der Waals surface area contributed by atoms with Crippen molar-refractivity contribution in [3.8, 4) is 0 Å². The molecule has 0 amide bonds. The fraction of sp³-hybridized carbons (Fsp3) is 0.308. The molecule has 0 heterocycles. The predicted octanol–water partition coefficient (Wildman–Crippen LogP) is 2.99. The van der Waals surface area contributed by atoms with E-state index in [2.05, 4.69) is 10.1 Å². The summed E-state index contributed by atoms with van der Waals surface area (Å²) in [7, 11) is 0.137. The zero-order valence-electron chi connectivity index (χ0n) is 11.9. The Balaban J connectivity index is 3.29. The molecule has 0 aliphatic carbocycles. The number of para-hydroxylation sites is 1. The summed E-state index contributed by atoms with van der Waals surface area (Å²) in [5.41, 5.74) is 0.837. The Kier molecular flexibility index (Phi) is 5.95. The fourth-order valence-corrected chi connectivity index (χ4v) is 2.82. The first-order valence-electron chi connectivity index (χ1n) is 5.82. The van der Waals surface area contributed by atoms with Crippen LogP contribution in [0.3, 0.4) is 0 Å². The Morgan fingerprint density at radius 3 is 2.10 bits per heavy atom.